The molecule has 1 aromatic heterocycles. The summed E-state index contributed by atoms with van der Waals surface area (Å²) in [6, 6.07) is 7.54. The van der Waals surface area contributed by atoms with Crippen molar-refractivity contribution < 1.29 is 4.39 Å². The summed E-state index contributed by atoms with van der Waals surface area (Å²) in [6.07, 6.45) is 5.50. The molecule has 5 nitrogen and oxygen atoms in total. The van der Waals surface area contributed by atoms with E-state index in [1.54, 1.807) is 12.1 Å². The molecule has 0 amide bonds. The van der Waals surface area contributed by atoms with E-state index in [9.17, 15) is 4.39 Å². The summed E-state index contributed by atoms with van der Waals surface area (Å²) in [5.41, 5.74) is 7.25. The van der Waals surface area contributed by atoms with Crippen LogP contribution >= 0.6 is 22.6 Å². The van der Waals surface area contributed by atoms with Crippen LogP contribution in [0.5, 0.6) is 0 Å². The normalized spacial score (nSPS) is 20.4. The Kier molecular flexibility index (Phi) is 8.65. The summed E-state index contributed by atoms with van der Waals surface area (Å²) in [4.78, 5) is 2.59. The molecule has 30 heavy (non-hydrogen) atoms. The molecule has 4 unspecified atom stereocenters. The van der Waals surface area contributed by atoms with Crippen LogP contribution in [0, 0.1) is 12.7 Å². The number of rotatable bonds is 10. The molecule has 2 aromatic rings. The molecule has 1 fully saturated rings. The molecule has 166 valence electrons. The first-order valence-electron chi connectivity index (χ1n) is 11.2. The maximum Gasteiger partial charge on any atom is 0.136 e. The summed E-state index contributed by atoms with van der Waals surface area (Å²) < 4.78 is 16.9. The van der Waals surface area contributed by atoms with Gasteiger partial charge in [-0.1, -0.05) is 48.6 Å². The largest absolute Gasteiger partial charge is 0.324 e. The monoisotopic (exact) mass is 527 g/mol. The van der Waals surface area contributed by atoms with Crippen LogP contribution < -0.4 is 5.73 Å². The molecule has 0 radical (unpaired) electrons. The highest BCUT2D eigenvalue weighted by molar-refractivity contribution is 14.1. The lowest BCUT2D eigenvalue weighted by molar-refractivity contribution is 0.208. The molecular formula is C23H35FIN5. The number of halogens is 2. The van der Waals surface area contributed by atoms with E-state index < -0.39 is 0 Å². The van der Waals surface area contributed by atoms with Gasteiger partial charge in [0.15, 0.2) is 0 Å². The van der Waals surface area contributed by atoms with E-state index in [0.29, 0.717) is 18.0 Å². The van der Waals surface area contributed by atoms with Crippen molar-refractivity contribution in [2.24, 2.45) is 5.73 Å². The number of hydrogen-bond acceptors (Lipinski definition) is 4. The van der Waals surface area contributed by atoms with Crippen molar-refractivity contribution in [1.82, 2.24) is 19.7 Å². The zero-order valence-electron chi connectivity index (χ0n) is 18.4. The van der Waals surface area contributed by atoms with E-state index in [1.165, 1.54) is 18.9 Å². The van der Waals surface area contributed by atoms with Crippen LogP contribution in [0.3, 0.4) is 0 Å². The molecule has 0 aliphatic carbocycles. The fraction of sp³-hybridized carbons (Fsp3) is 0.652. The van der Waals surface area contributed by atoms with Gasteiger partial charge in [-0.15, -0.1) is 10.2 Å². The number of benzene rings is 1. The van der Waals surface area contributed by atoms with Crippen LogP contribution in [-0.4, -0.2) is 43.2 Å². The highest BCUT2D eigenvalue weighted by atomic mass is 127. The molecule has 1 aliphatic heterocycles. The Morgan fingerprint density at radius 2 is 2.13 bits per heavy atom. The molecule has 1 saturated heterocycles. The van der Waals surface area contributed by atoms with Gasteiger partial charge in [-0.2, -0.15) is 0 Å². The van der Waals surface area contributed by atoms with Gasteiger partial charge in [0.2, 0.25) is 0 Å². The van der Waals surface area contributed by atoms with Crippen molar-refractivity contribution >= 4 is 22.6 Å². The lowest BCUT2D eigenvalue weighted by Crippen LogP contribution is -2.34. The molecule has 7 heteroatoms. The van der Waals surface area contributed by atoms with Gasteiger partial charge in [-0.3, -0.25) is 0 Å². The minimum atomic E-state index is -0.214. The van der Waals surface area contributed by atoms with E-state index in [0.717, 1.165) is 54.0 Å². The molecule has 2 heterocycles. The number of nitrogens with zero attached hydrogens (tertiary/aromatic N) is 4. The third-order valence-electron chi connectivity index (χ3n) is 6.45. The Morgan fingerprint density at radius 1 is 1.33 bits per heavy atom. The third kappa shape index (κ3) is 5.59. The molecule has 1 aliphatic rings. The molecular weight excluding hydrogens is 492 g/mol. The molecule has 2 N–H and O–H groups in total. The number of nitrogens with two attached hydrogens (primary N) is 1. The second-order valence-corrected chi connectivity index (χ2v) is 9.49. The van der Waals surface area contributed by atoms with Crippen LogP contribution in [0.2, 0.25) is 0 Å². The average molecular weight is 527 g/mol. The predicted molar refractivity (Wildman–Crippen MR) is 129 cm³/mol. The first-order chi connectivity index (χ1) is 14.4. The molecule has 4 atom stereocenters. The van der Waals surface area contributed by atoms with Crippen molar-refractivity contribution in [3.05, 3.63) is 47.3 Å². The van der Waals surface area contributed by atoms with Crippen LogP contribution in [-0.2, 0) is 0 Å². The Bertz CT molecular complexity index is 811. The second-order valence-electron chi connectivity index (χ2n) is 8.61. The van der Waals surface area contributed by atoms with E-state index in [4.69, 9.17) is 5.73 Å². The molecule has 0 bridgehead atoms. The summed E-state index contributed by atoms with van der Waals surface area (Å²) >= 11 is 2.43. The van der Waals surface area contributed by atoms with Crippen molar-refractivity contribution in [2.45, 2.75) is 76.9 Å². The molecule has 1 aromatic carbocycles. The summed E-state index contributed by atoms with van der Waals surface area (Å²) in [6.45, 7) is 8.64. The predicted octanol–water partition coefficient (Wildman–Crippen LogP) is 5.16. The van der Waals surface area contributed by atoms with Crippen LogP contribution in [0.25, 0.3) is 0 Å². The zero-order valence-corrected chi connectivity index (χ0v) is 20.6. The molecule has 3 rings (SSSR count). The smallest absolute Gasteiger partial charge is 0.136 e. The fourth-order valence-electron chi connectivity index (χ4n) is 4.68. The van der Waals surface area contributed by atoms with Crippen molar-refractivity contribution in [3.63, 3.8) is 0 Å². The number of hydrogen-bond donors (Lipinski definition) is 1. The standard InChI is InChI=1S/C23H35FIN5/c1-4-20(30-17(3)27-28-23(30)16(2)15-25)14-21-9-6-11-29(21)12-10-22(26)18-7-5-8-19(24)13-18/h5,7-8,13,16,20-22H,4,6,9-12,14-15,26H2,1-3H3. The Morgan fingerprint density at radius 3 is 2.83 bits per heavy atom. The summed E-state index contributed by atoms with van der Waals surface area (Å²) in [7, 11) is 0. The summed E-state index contributed by atoms with van der Waals surface area (Å²) in [5.74, 6) is 2.33. The molecule has 0 saturated carbocycles. The van der Waals surface area contributed by atoms with Gasteiger partial charge >= 0.3 is 0 Å². The SMILES string of the molecule is CCC(CC1CCCN1CCC(N)c1cccc(F)c1)n1c(C)nnc1C(C)CI. The highest BCUT2D eigenvalue weighted by Gasteiger charge is 2.29. The van der Waals surface area contributed by atoms with E-state index in [2.05, 4.69) is 63.0 Å². The number of aromatic nitrogens is 3. The van der Waals surface area contributed by atoms with Gasteiger partial charge in [0, 0.05) is 35.0 Å². The minimum absolute atomic E-state index is 0.125. The lowest BCUT2D eigenvalue weighted by atomic mass is 10.0. The number of alkyl halides is 1. The van der Waals surface area contributed by atoms with Crippen LogP contribution in [0.15, 0.2) is 24.3 Å². The third-order valence-corrected chi connectivity index (χ3v) is 7.77. The van der Waals surface area contributed by atoms with Crippen LogP contribution in [0.1, 0.15) is 81.2 Å². The van der Waals surface area contributed by atoms with Gasteiger partial charge in [-0.05, 0) is 63.3 Å². The van der Waals surface area contributed by atoms with E-state index >= 15 is 0 Å². The zero-order chi connectivity index (χ0) is 21.7. The maximum atomic E-state index is 13.5. The van der Waals surface area contributed by atoms with Crippen molar-refractivity contribution in [2.75, 3.05) is 17.5 Å². The maximum absolute atomic E-state index is 13.5. The Balaban J connectivity index is 1.64. The second kappa shape index (κ2) is 11.0. The van der Waals surface area contributed by atoms with Gasteiger partial charge < -0.3 is 15.2 Å². The van der Waals surface area contributed by atoms with Gasteiger partial charge in [0.25, 0.3) is 0 Å². The van der Waals surface area contributed by atoms with Gasteiger partial charge in [0.05, 0.1) is 0 Å². The first-order valence-corrected chi connectivity index (χ1v) is 12.7. The van der Waals surface area contributed by atoms with Crippen LogP contribution in [0.4, 0.5) is 4.39 Å². The lowest BCUT2D eigenvalue weighted by Gasteiger charge is -2.30. The highest BCUT2D eigenvalue weighted by Crippen LogP contribution is 2.31. The Labute approximate surface area is 193 Å². The van der Waals surface area contributed by atoms with Crippen molar-refractivity contribution in [1.29, 1.82) is 0 Å². The number of likely N-dealkylation sites (tertiary alicyclic amines) is 1. The average Bonchev–Trinajstić information content (AvgIpc) is 3.35. The van der Waals surface area contributed by atoms with Gasteiger partial charge in [-0.25, -0.2) is 4.39 Å². The fourth-order valence-corrected chi connectivity index (χ4v) is 5.07. The quantitative estimate of drug-likeness (QED) is 0.343. The summed E-state index contributed by atoms with van der Waals surface area (Å²) in [5, 5.41) is 8.89. The van der Waals surface area contributed by atoms with E-state index in [-0.39, 0.29) is 11.9 Å². The Hall–Kier alpha value is -1.06. The first kappa shape index (κ1) is 23.6. The minimum Gasteiger partial charge on any atom is -0.324 e. The van der Waals surface area contributed by atoms with Gasteiger partial charge in [0.1, 0.15) is 17.5 Å². The molecule has 0 spiro atoms. The van der Waals surface area contributed by atoms with Crippen molar-refractivity contribution in [3.8, 4) is 0 Å². The number of aryl methyl sites for hydroxylation is 1. The van der Waals surface area contributed by atoms with E-state index in [1.807, 2.05) is 6.07 Å². The topological polar surface area (TPSA) is 60.0 Å².